The monoisotopic (exact) mass is 306 g/mol. The molecule has 21 heavy (non-hydrogen) atoms. The van der Waals surface area contributed by atoms with Gasteiger partial charge in [-0.05, 0) is 37.1 Å². The van der Waals surface area contributed by atoms with E-state index in [1.165, 1.54) is 0 Å². The molecule has 1 fully saturated rings. The van der Waals surface area contributed by atoms with Crippen LogP contribution in [-0.2, 0) is 4.79 Å². The van der Waals surface area contributed by atoms with Crippen LogP contribution in [0.5, 0.6) is 0 Å². The normalized spacial score (nSPS) is 18.9. The molecule has 110 valence electrons. The molecule has 1 atom stereocenters. The lowest BCUT2D eigenvalue weighted by atomic mass is 9.98. The largest absolute Gasteiger partial charge is 0.481 e. The summed E-state index contributed by atoms with van der Waals surface area (Å²) in [6.07, 6.45) is 1.34. The van der Waals surface area contributed by atoms with Crippen LogP contribution in [0.4, 0.5) is 0 Å². The summed E-state index contributed by atoms with van der Waals surface area (Å²) in [7, 11) is 0. The Morgan fingerprint density at radius 2 is 2.14 bits per heavy atom. The Bertz CT molecular complexity index is 710. The minimum Gasteiger partial charge on any atom is -0.481 e. The number of piperidine rings is 1. The van der Waals surface area contributed by atoms with Crippen LogP contribution in [0.3, 0.4) is 0 Å². The van der Waals surface area contributed by atoms with Crippen LogP contribution in [0, 0.1) is 5.92 Å². The Kier molecular flexibility index (Phi) is 3.59. The minimum atomic E-state index is -0.837. The van der Waals surface area contributed by atoms with Gasteiger partial charge in [0.05, 0.1) is 5.92 Å². The lowest BCUT2D eigenvalue weighted by Crippen LogP contribution is -2.42. The highest BCUT2D eigenvalue weighted by Crippen LogP contribution is 2.23. The van der Waals surface area contributed by atoms with Gasteiger partial charge in [0.25, 0.3) is 5.91 Å². The number of nitrogens with zero attached hydrogens (tertiary/aromatic N) is 1. The smallest absolute Gasteiger partial charge is 0.308 e. The number of carboxylic acids is 1. The second kappa shape index (κ2) is 5.41. The van der Waals surface area contributed by atoms with E-state index in [1.54, 1.807) is 23.1 Å². The second-order valence-electron chi connectivity index (χ2n) is 5.34. The molecule has 0 radical (unpaired) electrons. The van der Waals surface area contributed by atoms with E-state index in [2.05, 4.69) is 4.98 Å². The Morgan fingerprint density at radius 3 is 2.90 bits per heavy atom. The number of likely N-dealkylation sites (tertiary alicyclic amines) is 1. The summed E-state index contributed by atoms with van der Waals surface area (Å²) in [6.45, 7) is 0.864. The van der Waals surface area contributed by atoms with Gasteiger partial charge in [0.15, 0.2) is 0 Å². The molecule has 0 spiro atoms. The van der Waals surface area contributed by atoms with Gasteiger partial charge in [-0.3, -0.25) is 9.59 Å². The van der Waals surface area contributed by atoms with Crippen LogP contribution in [0.2, 0.25) is 5.02 Å². The predicted molar refractivity (Wildman–Crippen MR) is 79.6 cm³/mol. The Labute approximate surface area is 126 Å². The van der Waals surface area contributed by atoms with Crippen LogP contribution in [0.1, 0.15) is 23.3 Å². The van der Waals surface area contributed by atoms with E-state index in [9.17, 15) is 9.59 Å². The van der Waals surface area contributed by atoms with Crippen LogP contribution in [0.25, 0.3) is 10.9 Å². The van der Waals surface area contributed by atoms with Crippen molar-refractivity contribution in [3.8, 4) is 0 Å². The molecule has 3 rings (SSSR count). The molecular formula is C15H15ClN2O3. The number of hydrogen-bond acceptors (Lipinski definition) is 2. The lowest BCUT2D eigenvalue weighted by Gasteiger charge is -2.30. The van der Waals surface area contributed by atoms with Gasteiger partial charge in [0.1, 0.15) is 5.69 Å². The molecule has 0 saturated carbocycles. The molecule has 1 amide bonds. The van der Waals surface area contributed by atoms with Crippen molar-refractivity contribution >= 4 is 34.4 Å². The predicted octanol–water partition coefficient (Wildman–Crippen LogP) is 2.76. The summed E-state index contributed by atoms with van der Waals surface area (Å²) in [5.41, 5.74) is 1.31. The van der Waals surface area contributed by atoms with E-state index in [0.29, 0.717) is 23.7 Å². The Hall–Kier alpha value is -2.01. The SMILES string of the molecule is O=C(O)[C@H]1CCCN(C(=O)c2cc3cc(Cl)ccc3[nH]2)C1. The van der Waals surface area contributed by atoms with Crippen molar-refractivity contribution in [3.63, 3.8) is 0 Å². The number of amides is 1. The average molecular weight is 307 g/mol. The highest BCUT2D eigenvalue weighted by molar-refractivity contribution is 6.31. The van der Waals surface area contributed by atoms with E-state index in [1.807, 2.05) is 6.07 Å². The fraction of sp³-hybridized carbons (Fsp3) is 0.333. The summed E-state index contributed by atoms with van der Waals surface area (Å²) >= 11 is 5.94. The maximum Gasteiger partial charge on any atom is 0.308 e. The van der Waals surface area contributed by atoms with Crippen LogP contribution in [0.15, 0.2) is 24.3 Å². The first-order valence-electron chi connectivity index (χ1n) is 6.85. The van der Waals surface area contributed by atoms with Gasteiger partial charge in [-0.25, -0.2) is 0 Å². The fourth-order valence-corrected chi connectivity index (χ4v) is 2.93. The Balaban J connectivity index is 1.84. The summed E-state index contributed by atoms with van der Waals surface area (Å²) in [5, 5.41) is 10.6. The van der Waals surface area contributed by atoms with Crippen molar-refractivity contribution in [1.82, 2.24) is 9.88 Å². The number of nitrogens with one attached hydrogen (secondary N) is 1. The minimum absolute atomic E-state index is 0.159. The van der Waals surface area contributed by atoms with Crippen molar-refractivity contribution in [3.05, 3.63) is 35.0 Å². The van der Waals surface area contributed by atoms with Gasteiger partial charge in [0, 0.05) is 29.0 Å². The first kappa shape index (κ1) is 13.9. The number of aromatic nitrogens is 1. The number of aromatic amines is 1. The maximum absolute atomic E-state index is 12.5. The number of H-pyrrole nitrogens is 1. The number of rotatable bonds is 2. The number of carboxylic acid groups (broad SMARTS) is 1. The summed E-state index contributed by atoms with van der Waals surface area (Å²) < 4.78 is 0. The third kappa shape index (κ3) is 2.74. The number of benzene rings is 1. The fourth-order valence-electron chi connectivity index (χ4n) is 2.75. The quantitative estimate of drug-likeness (QED) is 0.896. The van der Waals surface area contributed by atoms with Crippen molar-refractivity contribution in [2.75, 3.05) is 13.1 Å². The molecule has 1 aliphatic rings. The lowest BCUT2D eigenvalue weighted by molar-refractivity contribution is -0.143. The van der Waals surface area contributed by atoms with Gasteiger partial charge in [-0.2, -0.15) is 0 Å². The van der Waals surface area contributed by atoms with Gasteiger partial charge in [-0.15, -0.1) is 0 Å². The molecule has 1 aromatic heterocycles. The first-order valence-corrected chi connectivity index (χ1v) is 7.23. The highest BCUT2D eigenvalue weighted by Gasteiger charge is 2.29. The van der Waals surface area contributed by atoms with Gasteiger partial charge < -0.3 is 15.0 Å². The molecule has 1 aliphatic heterocycles. The molecule has 2 aromatic rings. The average Bonchev–Trinajstić information content (AvgIpc) is 2.89. The van der Waals surface area contributed by atoms with Gasteiger partial charge in [0.2, 0.25) is 0 Å². The molecule has 0 aliphatic carbocycles. The third-order valence-corrected chi connectivity index (χ3v) is 4.11. The van der Waals surface area contributed by atoms with Crippen molar-refractivity contribution in [1.29, 1.82) is 0 Å². The molecular weight excluding hydrogens is 292 g/mol. The van der Waals surface area contributed by atoms with Crippen LogP contribution in [-0.4, -0.2) is 40.0 Å². The van der Waals surface area contributed by atoms with Gasteiger partial charge in [-0.1, -0.05) is 11.6 Å². The van der Waals surface area contributed by atoms with Crippen LogP contribution < -0.4 is 0 Å². The molecule has 5 nitrogen and oxygen atoms in total. The number of aliphatic carboxylic acids is 1. The molecule has 1 saturated heterocycles. The number of hydrogen-bond donors (Lipinski definition) is 2. The summed E-state index contributed by atoms with van der Waals surface area (Å²) in [4.78, 5) is 28.2. The molecule has 1 aromatic carbocycles. The standard InChI is InChI=1S/C15H15ClN2O3/c16-11-3-4-12-10(6-11)7-13(17-12)14(19)18-5-1-2-9(8-18)15(20)21/h3-4,6-7,9,17H,1-2,5,8H2,(H,20,21)/t9-/m0/s1. The molecule has 6 heteroatoms. The number of halogens is 1. The van der Waals surface area contributed by atoms with Gasteiger partial charge >= 0.3 is 5.97 Å². The third-order valence-electron chi connectivity index (χ3n) is 3.87. The zero-order valence-electron chi connectivity index (χ0n) is 11.3. The van der Waals surface area contributed by atoms with Crippen molar-refractivity contribution < 1.29 is 14.7 Å². The molecule has 2 N–H and O–H groups in total. The van der Waals surface area contributed by atoms with E-state index >= 15 is 0 Å². The zero-order valence-corrected chi connectivity index (χ0v) is 12.1. The summed E-state index contributed by atoms with van der Waals surface area (Å²) in [5.74, 6) is -1.47. The van der Waals surface area contributed by atoms with Crippen LogP contribution >= 0.6 is 11.6 Å². The second-order valence-corrected chi connectivity index (χ2v) is 5.78. The molecule has 0 bridgehead atoms. The maximum atomic E-state index is 12.5. The number of fused-ring (bicyclic) bond motifs is 1. The molecule has 0 unspecified atom stereocenters. The first-order chi connectivity index (χ1) is 10.0. The van der Waals surface area contributed by atoms with E-state index in [-0.39, 0.29) is 12.5 Å². The number of carbonyl (C=O) groups is 2. The topological polar surface area (TPSA) is 73.4 Å². The Morgan fingerprint density at radius 1 is 1.33 bits per heavy atom. The number of carbonyl (C=O) groups excluding carboxylic acids is 1. The van der Waals surface area contributed by atoms with Crippen molar-refractivity contribution in [2.24, 2.45) is 5.92 Å². The van der Waals surface area contributed by atoms with E-state index in [4.69, 9.17) is 16.7 Å². The summed E-state index contributed by atoms with van der Waals surface area (Å²) in [6, 6.07) is 7.13. The van der Waals surface area contributed by atoms with Crippen molar-refractivity contribution in [2.45, 2.75) is 12.8 Å². The highest BCUT2D eigenvalue weighted by atomic mass is 35.5. The van der Waals surface area contributed by atoms with E-state index in [0.717, 1.165) is 17.3 Å². The molecule has 2 heterocycles. The van der Waals surface area contributed by atoms with E-state index < -0.39 is 11.9 Å². The zero-order chi connectivity index (χ0) is 15.0.